The molecule has 1 heterocycles. The van der Waals surface area contributed by atoms with E-state index in [1.54, 1.807) is 18.3 Å². The number of carbonyl (C=O) groups excluding carboxylic acids is 1. The van der Waals surface area contributed by atoms with Gasteiger partial charge in [-0.1, -0.05) is 37.0 Å². The Labute approximate surface area is 131 Å². The first-order valence-corrected chi connectivity index (χ1v) is 7.12. The van der Waals surface area contributed by atoms with Gasteiger partial charge in [0.1, 0.15) is 5.75 Å². The fourth-order valence-corrected chi connectivity index (χ4v) is 2.22. The molecule has 0 bridgehead atoms. The number of benzene rings is 2. The summed E-state index contributed by atoms with van der Waals surface area (Å²) in [6, 6.07) is 10.5. The number of aldehydes is 1. The Morgan fingerprint density at radius 3 is 2.50 bits per heavy atom. The van der Waals surface area contributed by atoms with E-state index in [0.717, 1.165) is 19.9 Å². The van der Waals surface area contributed by atoms with Gasteiger partial charge in [-0.25, -0.2) is 0 Å². The number of nitrogens with zero attached hydrogens (tertiary/aromatic N) is 1. The topological polar surface area (TPSA) is 63.3 Å². The number of halogens is 2. The Hall–Kier alpha value is -1.66. The molecule has 0 radical (unpaired) electrons. The molecule has 0 saturated heterocycles. The first-order chi connectivity index (χ1) is 9.60. The number of phenolic OH excluding ortho intramolecular Hbond substituents is 1. The van der Waals surface area contributed by atoms with Crippen molar-refractivity contribution in [2.45, 2.75) is 0 Å². The summed E-state index contributed by atoms with van der Waals surface area (Å²) in [6.07, 6.45) is 2.31. The van der Waals surface area contributed by atoms with Crippen LogP contribution in [-0.2, 0) is 0 Å². The minimum Gasteiger partial charge on any atom is -0.507 e. The Bertz CT molecular complexity index is 740. The summed E-state index contributed by atoms with van der Waals surface area (Å²) in [7, 11) is 0. The monoisotopic (exact) mass is 397 g/mol. The molecule has 0 fully saturated rings. The lowest BCUT2D eigenvalue weighted by Crippen LogP contribution is -1.79. The average Bonchev–Trinajstić information content (AvgIpc) is 2.89. The van der Waals surface area contributed by atoms with Crippen molar-refractivity contribution in [3.63, 3.8) is 0 Å². The molecule has 3 rings (SSSR count). The largest absolute Gasteiger partial charge is 0.507 e. The predicted molar refractivity (Wildman–Crippen MR) is 82.9 cm³/mol. The number of phenols is 1. The van der Waals surface area contributed by atoms with Gasteiger partial charge in [0, 0.05) is 14.3 Å². The standard InChI is InChI=1S/C7H4BrNO.C7H5BrO2/c8-6-1-2-7-5(3-6)4-9-10-7;8-6-1-2-7(10)5(3-6)4-9/h1-4H;1-4,10H. The summed E-state index contributed by atoms with van der Waals surface area (Å²) in [6.45, 7) is 0. The minimum atomic E-state index is 0.0122. The van der Waals surface area contributed by atoms with E-state index in [1.165, 1.54) is 6.07 Å². The predicted octanol–water partition coefficient (Wildman–Crippen LogP) is 4.56. The molecule has 0 aliphatic heterocycles. The highest BCUT2D eigenvalue weighted by molar-refractivity contribution is 9.10. The molecule has 0 unspecified atom stereocenters. The van der Waals surface area contributed by atoms with Gasteiger partial charge in [-0.15, -0.1) is 0 Å². The van der Waals surface area contributed by atoms with Crippen LogP contribution in [0.15, 0.2) is 56.1 Å². The Morgan fingerprint density at radius 1 is 1.10 bits per heavy atom. The maximum absolute atomic E-state index is 10.2. The second-order valence-corrected chi connectivity index (χ2v) is 5.66. The number of rotatable bonds is 1. The first kappa shape index (κ1) is 14.7. The quantitative estimate of drug-likeness (QED) is 0.610. The normalized spacial score (nSPS) is 9.90. The van der Waals surface area contributed by atoms with E-state index in [9.17, 15) is 4.79 Å². The zero-order valence-electron chi connectivity index (χ0n) is 10.1. The molecular formula is C14H9Br2NO3. The van der Waals surface area contributed by atoms with Crippen LogP contribution >= 0.6 is 31.9 Å². The summed E-state index contributed by atoms with van der Waals surface area (Å²) in [5, 5.41) is 13.7. The zero-order valence-corrected chi connectivity index (χ0v) is 13.3. The molecule has 0 aliphatic carbocycles. The SMILES string of the molecule is Brc1ccc2oncc2c1.O=Cc1cc(Br)ccc1O. The van der Waals surface area contributed by atoms with Crippen LogP contribution in [0.4, 0.5) is 0 Å². The van der Waals surface area contributed by atoms with E-state index in [1.807, 2.05) is 18.2 Å². The molecule has 20 heavy (non-hydrogen) atoms. The van der Waals surface area contributed by atoms with Crippen LogP contribution in [0.2, 0.25) is 0 Å². The molecule has 0 aliphatic rings. The Balaban J connectivity index is 0.000000147. The van der Waals surface area contributed by atoms with Crippen molar-refractivity contribution in [3.8, 4) is 5.75 Å². The van der Waals surface area contributed by atoms with Crippen LogP contribution in [0.1, 0.15) is 10.4 Å². The number of hydrogen-bond donors (Lipinski definition) is 1. The number of hydrogen-bond acceptors (Lipinski definition) is 4. The van der Waals surface area contributed by atoms with Crippen LogP contribution in [0.5, 0.6) is 5.75 Å². The summed E-state index contributed by atoms with van der Waals surface area (Å²) >= 11 is 6.51. The van der Waals surface area contributed by atoms with Gasteiger partial charge in [-0.3, -0.25) is 4.79 Å². The Kier molecular flexibility index (Phi) is 4.92. The van der Waals surface area contributed by atoms with Gasteiger partial charge in [0.05, 0.1) is 11.8 Å². The van der Waals surface area contributed by atoms with E-state index in [4.69, 9.17) is 9.63 Å². The molecule has 3 aromatic rings. The molecule has 1 N–H and O–H groups in total. The highest BCUT2D eigenvalue weighted by atomic mass is 79.9. The second-order valence-electron chi connectivity index (χ2n) is 3.83. The highest BCUT2D eigenvalue weighted by Gasteiger charge is 1.98. The zero-order chi connectivity index (χ0) is 14.5. The lowest BCUT2D eigenvalue weighted by atomic mass is 10.2. The third kappa shape index (κ3) is 3.68. The average molecular weight is 399 g/mol. The molecule has 0 saturated carbocycles. The van der Waals surface area contributed by atoms with E-state index in [2.05, 4.69) is 37.0 Å². The number of aromatic hydroxyl groups is 1. The van der Waals surface area contributed by atoms with Crippen molar-refractivity contribution in [2.75, 3.05) is 0 Å². The van der Waals surface area contributed by atoms with Crippen LogP contribution in [0, 0.1) is 0 Å². The van der Waals surface area contributed by atoms with Crippen molar-refractivity contribution >= 4 is 49.1 Å². The van der Waals surface area contributed by atoms with Crippen LogP contribution in [-0.4, -0.2) is 16.5 Å². The number of carbonyl (C=O) groups is 1. The molecule has 4 nitrogen and oxygen atoms in total. The van der Waals surface area contributed by atoms with Gasteiger partial charge in [0.2, 0.25) is 0 Å². The molecular weight excluding hydrogens is 390 g/mol. The Morgan fingerprint density at radius 2 is 1.80 bits per heavy atom. The minimum absolute atomic E-state index is 0.0122. The third-order valence-corrected chi connectivity index (χ3v) is 3.42. The van der Waals surface area contributed by atoms with Gasteiger partial charge < -0.3 is 9.63 Å². The number of fused-ring (bicyclic) bond motifs is 1. The van der Waals surface area contributed by atoms with E-state index < -0.39 is 0 Å². The number of aromatic nitrogens is 1. The first-order valence-electron chi connectivity index (χ1n) is 5.54. The highest BCUT2D eigenvalue weighted by Crippen LogP contribution is 2.19. The lowest BCUT2D eigenvalue weighted by Gasteiger charge is -1.95. The van der Waals surface area contributed by atoms with Crippen molar-refractivity contribution < 1.29 is 14.4 Å². The van der Waals surface area contributed by atoms with Gasteiger partial charge in [-0.2, -0.15) is 0 Å². The van der Waals surface area contributed by atoms with E-state index >= 15 is 0 Å². The van der Waals surface area contributed by atoms with E-state index in [-0.39, 0.29) is 5.75 Å². The molecule has 2 aromatic carbocycles. The van der Waals surface area contributed by atoms with Gasteiger partial charge in [0.15, 0.2) is 11.9 Å². The molecule has 0 atom stereocenters. The van der Waals surface area contributed by atoms with Crippen molar-refractivity contribution in [2.24, 2.45) is 0 Å². The fourth-order valence-electron chi connectivity index (χ4n) is 1.46. The molecule has 102 valence electrons. The fraction of sp³-hybridized carbons (Fsp3) is 0. The van der Waals surface area contributed by atoms with Crippen LogP contribution in [0.3, 0.4) is 0 Å². The maximum atomic E-state index is 10.2. The van der Waals surface area contributed by atoms with Crippen LogP contribution < -0.4 is 0 Å². The van der Waals surface area contributed by atoms with Crippen molar-refractivity contribution in [3.05, 3.63) is 57.1 Å². The summed E-state index contributed by atoms with van der Waals surface area (Å²) in [4.78, 5) is 10.2. The smallest absolute Gasteiger partial charge is 0.166 e. The van der Waals surface area contributed by atoms with Gasteiger partial charge in [0.25, 0.3) is 0 Å². The van der Waals surface area contributed by atoms with Crippen LogP contribution in [0.25, 0.3) is 11.0 Å². The molecule has 1 aromatic heterocycles. The summed E-state index contributed by atoms with van der Waals surface area (Å²) < 4.78 is 6.73. The summed E-state index contributed by atoms with van der Waals surface area (Å²) in [5.41, 5.74) is 1.12. The van der Waals surface area contributed by atoms with Crippen molar-refractivity contribution in [1.82, 2.24) is 5.16 Å². The lowest BCUT2D eigenvalue weighted by molar-refractivity contribution is 0.112. The van der Waals surface area contributed by atoms with Gasteiger partial charge >= 0.3 is 0 Å². The second kappa shape index (κ2) is 6.67. The molecule has 0 spiro atoms. The molecule has 0 amide bonds. The summed E-state index contributed by atoms with van der Waals surface area (Å²) in [5.74, 6) is 0.0122. The maximum Gasteiger partial charge on any atom is 0.166 e. The third-order valence-electron chi connectivity index (χ3n) is 2.43. The van der Waals surface area contributed by atoms with Crippen molar-refractivity contribution in [1.29, 1.82) is 0 Å². The van der Waals surface area contributed by atoms with E-state index in [0.29, 0.717) is 11.8 Å². The van der Waals surface area contributed by atoms with Gasteiger partial charge in [-0.05, 0) is 36.4 Å². The molecule has 6 heteroatoms.